The first kappa shape index (κ1) is 18.6. The van der Waals surface area contributed by atoms with E-state index in [0.29, 0.717) is 5.02 Å². The third-order valence-electron chi connectivity index (χ3n) is 3.98. The third-order valence-corrected chi connectivity index (χ3v) is 4.39. The Hall–Kier alpha value is -2.77. The molecule has 0 heterocycles. The quantitative estimate of drug-likeness (QED) is 0.588. The van der Waals surface area contributed by atoms with Crippen LogP contribution in [0.1, 0.15) is 23.6 Å². The summed E-state index contributed by atoms with van der Waals surface area (Å²) in [6, 6.07) is 13.2. The zero-order chi connectivity index (χ0) is 18.4. The van der Waals surface area contributed by atoms with E-state index in [2.05, 4.69) is 10.6 Å². The fraction of sp³-hybridized carbons (Fsp3) is 0.200. The van der Waals surface area contributed by atoms with Gasteiger partial charge in [-0.2, -0.15) is 5.26 Å². The smallest absolute Gasteiger partial charge is 0.267 e. The normalized spacial score (nSPS) is 10.9. The molecule has 0 fully saturated rings. The van der Waals surface area contributed by atoms with Crippen molar-refractivity contribution in [1.82, 2.24) is 0 Å². The molecule has 0 bridgehead atoms. The number of carbonyl (C=O) groups is 1. The molecular formula is C20H20ClN3O. The van der Waals surface area contributed by atoms with Gasteiger partial charge in [0.2, 0.25) is 0 Å². The zero-order valence-corrected chi connectivity index (χ0v) is 15.2. The summed E-state index contributed by atoms with van der Waals surface area (Å²) in [5.41, 5.74) is 4.34. The lowest BCUT2D eigenvalue weighted by Crippen LogP contribution is -2.16. The number of amides is 1. The first-order valence-corrected chi connectivity index (χ1v) is 8.37. The van der Waals surface area contributed by atoms with E-state index in [1.54, 1.807) is 12.1 Å². The summed E-state index contributed by atoms with van der Waals surface area (Å²) in [5, 5.41) is 15.8. The molecule has 0 saturated carbocycles. The minimum atomic E-state index is -0.446. The minimum absolute atomic E-state index is 0.00955. The molecule has 2 aromatic rings. The second kappa shape index (κ2) is 8.36. The molecule has 2 N–H and O–H groups in total. The van der Waals surface area contributed by atoms with Crippen LogP contribution in [0.25, 0.3) is 0 Å². The van der Waals surface area contributed by atoms with E-state index in [-0.39, 0.29) is 5.57 Å². The molecule has 0 aromatic heterocycles. The third kappa shape index (κ3) is 4.40. The molecule has 0 aliphatic rings. The predicted molar refractivity (Wildman–Crippen MR) is 103 cm³/mol. The molecule has 2 rings (SSSR count). The number of benzene rings is 2. The van der Waals surface area contributed by atoms with Gasteiger partial charge in [-0.05, 0) is 49.1 Å². The number of nitrogens with zero attached hydrogens (tertiary/aromatic N) is 1. The molecule has 0 saturated heterocycles. The van der Waals surface area contributed by atoms with Crippen molar-refractivity contribution in [3.63, 3.8) is 0 Å². The summed E-state index contributed by atoms with van der Waals surface area (Å²) in [6.45, 7) is 5.82. The molecule has 4 nitrogen and oxygen atoms in total. The molecular weight excluding hydrogens is 334 g/mol. The van der Waals surface area contributed by atoms with Gasteiger partial charge < -0.3 is 10.6 Å². The Labute approximate surface area is 153 Å². The number of aryl methyl sites for hydroxylation is 2. The average molecular weight is 354 g/mol. The van der Waals surface area contributed by atoms with Crippen molar-refractivity contribution in [1.29, 1.82) is 5.26 Å². The summed E-state index contributed by atoms with van der Waals surface area (Å²) in [6.07, 6.45) is 2.20. The first-order chi connectivity index (χ1) is 12.0. The highest BCUT2D eigenvalue weighted by molar-refractivity contribution is 6.31. The Morgan fingerprint density at radius 3 is 2.64 bits per heavy atom. The molecule has 2 aromatic carbocycles. The number of rotatable bonds is 5. The number of hydrogen-bond donors (Lipinski definition) is 2. The van der Waals surface area contributed by atoms with Crippen LogP contribution in [-0.4, -0.2) is 5.91 Å². The van der Waals surface area contributed by atoms with Gasteiger partial charge in [-0.25, -0.2) is 0 Å². The first-order valence-electron chi connectivity index (χ1n) is 7.99. The number of carbonyl (C=O) groups excluding carboxylic acids is 1. The lowest BCUT2D eigenvalue weighted by atomic mass is 10.1. The van der Waals surface area contributed by atoms with E-state index in [9.17, 15) is 10.1 Å². The van der Waals surface area contributed by atoms with E-state index in [1.165, 1.54) is 6.20 Å². The van der Waals surface area contributed by atoms with Gasteiger partial charge in [0.1, 0.15) is 11.6 Å². The number of nitriles is 1. The zero-order valence-electron chi connectivity index (χ0n) is 14.5. The lowest BCUT2D eigenvalue weighted by molar-refractivity contribution is -0.112. The van der Waals surface area contributed by atoms with Crippen LogP contribution in [0.5, 0.6) is 0 Å². The average Bonchev–Trinajstić information content (AvgIpc) is 2.60. The number of nitrogens with one attached hydrogen (secondary N) is 2. The van der Waals surface area contributed by atoms with Crippen LogP contribution in [0.15, 0.2) is 48.2 Å². The van der Waals surface area contributed by atoms with Crippen molar-refractivity contribution in [2.45, 2.75) is 27.2 Å². The van der Waals surface area contributed by atoms with E-state index in [4.69, 9.17) is 11.6 Å². The van der Waals surface area contributed by atoms with Crippen molar-refractivity contribution >= 4 is 28.9 Å². The summed E-state index contributed by atoms with van der Waals surface area (Å²) in [4.78, 5) is 12.5. The lowest BCUT2D eigenvalue weighted by Gasteiger charge is -2.13. The highest BCUT2D eigenvalue weighted by atomic mass is 35.5. The largest absolute Gasteiger partial charge is 0.360 e. The van der Waals surface area contributed by atoms with Gasteiger partial charge in [-0.1, -0.05) is 42.8 Å². The standard InChI is InChI=1S/C20H20ClN3O/c1-4-15-8-5-7-13(2)19(15)24-20(25)16(11-22)12-23-18-10-6-9-17(21)14(18)3/h5-10,12,23H,4H2,1-3H3,(H,24,25)/b16-12-. The molecule has 0 aliphatic heterocycles. The van der Waals surface area contributed by atoms with Crippen molar-refractivity contribution in [2.24, 2.45) is 0 Å². The highest BCUT2D eigenvalue weighted by Gasteiger charge is 2.13. The van der Waals surface area contributed by atoms with Gasteiger partial charge in [-0.3, -0.25) is 4.79 Å². The molecule has 0 spiro atoms. The van der Waals surface area contributed by atoms with Crippen molar-refractivity contribution in [2.75, 3.05) is 10.6 Å². The second-order valence-corrected chi connectivity index (χ2v) is 6.05. The summed E-state index contributed by atoms with van der Waals surface area (Å²) in [7, 11) is 0. The number of anilines is 2. The topological polar surface area (TPSA) is 64.9 Å². The van der Waals surface area contributed by atoms with Crippen LogP contribution >= 0.6 is 11.6 Å². The van der Waals surface area contributed by atoms with Crippen LogP contribution in [0.2, 0.25) is 5.02 Å². The molecule has 25 heavy (non-hydrogen) atoms. The molecule has 128 valence electrons. The number of hydrogen-bond acceptors (Lipinski definition) is 3. The Bertz CT molecular complexity index is 866. The van der Waals surface area contributed by atoms with Gasteiger partial charge in [0.25, 0.3) is 5.91 Å². The Morgan fingerprint density at radius 2 is 1.96 bits per heavy atom. The number of para-hydroxylation sites is 1. The summed E-state index contributed by atoms with van der Waals surface area (Å²) in [5.74, 6) is -0.446. The van der Waals surface area contributed by atoms with Crippen molar-refractivity contribution in [3.8, 4) is 6.07 Å². The van der Waals surface area contributed by atoms with E-state index in [0.717, 1.165) is 34.5 Å². The van der Waals surface area contributed by atoms with E-state index < -0.39 is 5.91 Å². The second-order valence-electron chi connectivity index (χ2n) is 5.64. The van der Waals surface area contributed by atoms with Crippen LogP contribution in [0, 0.1) is 25.2 Å². The molecule has 1 amide bonds. The Balaban J connectivity index is 2.22. The van der Waals surface area contributed by atoms with Crippen LogP contribution in [0.3, 0.4) is 0 Å². The molecule has 0 unspecified atom stereocenters. The maximum absolute atomic E-state index is 12.5. The van der Waals surface area contributed by atoms with Crippen molar-refractivity contribution < 1.29 is 4.79 Å². The van der Waals surface area contributed by atoms with Crippen LogP contribution in [-0.2, 0) is 11.2 Å². The minimum Gasteiger partial charge on any atom is -0.360 e. The molecule has 0 aliphatic carbocycles. The van der Waals surface area contributed by atoms with E-state index in [1.807, 2.05) is 51.1 Å². The maximum atomic E-state index is 12.5. The highest BCUT2D eigenvalue weighted by Crippen LogP contribution is 2.24. The van der Waals surface area contributed by atoms with Crippen LogP contribution < -0.4 is 10.6 Å². The monoisotopic (exact) mass is 353 g/mol. The van der Waals surface area contributed by atoms with Gasteiger partial charge >= 0.3 is 0 Å². The van der Waals surface area contributed by atoms with Crippen molar-refractivity contribution in [3.05, 3.63) is 69.9 Å². The van der Waals surface area contributed by atoms with Gasteiger partial charge in [0.15, 0.2) is 0 Å². The summed E-state index contributed by atoms with van der Waals surface area (Å²) < 4.78 is 0. The SMILES string of the molecule is CCc1cccc(C)c1NC(=O)/C(C#N)=C\Nc1cccc(Cl)c1C. The molecule has 0 atom stereocenters. The predicted octanol–water partition coefficient (Wildman–Crippen LogP) is 4.98. The fourth-order valence-corrected chi connectivity index (χ4v) is 2.62. The Morgan fingerprint density at radius 1 is 1.24 bits per heavy atom. The molecule has 5 heteroatoms. The number of halogens is 1. The molecule has 0 radical (unpaired) electrons. The van der Waals surface area contributed by atoms with Gasteiger partial charge in [0, 0.05) is 22.6 Å². The Kier molecular flexibility index (Phi) is 6.21. The fourth-order valence-electron chi connectivity index (χ4n) is 2.45. The van der Waals surface area contributed by atoms with Gasteiger partial charge in [-0.15, -0.1) is 0 Å². The van der Waals surface area contributed by atoms with Crippen LogP contribution in [0.4, 0.5) is 11.4 Å². The van der Waals surface area contributed by atoms with E-state index >= 15 is 0 Å². The maximum Gasteiger partial charge on any atom is 0.267 e. The summed E-state index contributed by atoms with van der Waals surface area (Å²) >= 11 is 6.08. The van der Waals surface area contributed by atoms with Gasteiger partial charge in [0.05, 0.1) is 0 Å².